The normalized spacial score (nSPS) is 11.2. The van der Waals surface area contributed by atoms with Gasteiger partial charge in [0.1, 0.15) is 10.5 Å². The predicted octanol–water partition coefficient (Wildman–Crippen LogP) is 6.34. The Hall–Kier alpha value is -4.16. The summed E-state index contributed by atoms with van der Waals surface area (Å²) in [5.74, 6) is 0.304. The van der Waals surface area contributed by atoms with Crippen LogP contribution in [0, 0.1) is 10.1 Å². The zero-order valence-corrected chi connectivity index (χ0v) is 21.9. The maximum atomic E-state index is 12.7. The number of ether oxygens (including phenoxy) is 1. The van der Waals surface area contributed by atoms with Crippen LogP contribution in [-0.4, -0.2) is 43.6 Å². The molecule has 190 valence electrons. The van der Waals surface area contributed by atoms with Gasteiger partial charge in [-0.05, 0) is 38.4 Å². The first-order valence-corrected chi connectivity index (χ1v) is 12.2. The third kappa shape index (κ3) is 6.35. The van der Waals surface area contributed by atoms with E-state index in [9.17, 15) is 14.9 Å². The molecule has 0 spiro atoms. The molecule has 0 aliphatic carbocycles. The zero-order chi connectivity index (χ0) is 26.7. The second kappa shape index (κ2) is 10.4. The van der Waals surface area contributed by atoms with Crippen molar-refractivity contribution in [1.82, 2.24) is 19.9 Å². The summed E-state index contributed by atoms with van der Waals surface area (Å²) in [4.78, 5) is 42.7. The number of hydrogen-bond donors (Lipinski definition) is 1. The van der Waals surface area contributed by atoms with Gasteiger partial charge in [-0.1, -0.05) is 47.7 Å². The molecule has 2 aromatic carbocycles. The number of nitro benzene ring substituents is 1. The van der Waals surface area contributed by atoms with Crippen LogP contribution in [-0.2, 0) is 4.74 Å². The van der Waals surface area contributed by atoms with Crippen molar-refractivity contribution >= 4 is 51.5 Å². The Morgan fingerprint density at radius 3 is 2.49 bits per heavy atom. The SMILES string of the molecule is CN(C(=O)OC(C)(C)C)c1nc(-c2ccccc2)c(-c2nc(Cl)nc(Nc3cccc([N+](=O)[O-])c3)n2)s1. The third-order valence-electron chi connectivity index (χ3n) is 4.74. The number of hydrogen-bond acceptors (Lipinski definition) is 10. The van der Waals surface area contributed by atoms with Crippen LogP contribution in [0.25, 0.3) is 22.0 Å². The number of aromatic nitrogens is 4. The molecular formula is C24H22ClN7O4S. The van der Waals surface area contributed by atoms with Crippen molar-refractivity contribution in [2.24, 2.45) is 0 Å². The highest BCUT2D eigenvalue weighted by Gasteiger charge is 2.26. The molecule has 4 rings (SSSR count). The van der Waals surface area contributed by atoms with E-state index in [0.29, 0.717) is 21.4 Å². The second-order valence-corrected chi connectivity index (χ2v) is 10.1. The van der Waals surface area contributed by atoms with Crippen LogP contribution in [0.15, 0.2) is 54.6 Å². The number of nitrogens with one attached hydrogen (secondary N) is 1. The molecule has 2 heterocycles. The van der Waals surface area contributed by atoms with E-state index >= 15 is 0 Å². The van der Waals surface area contributed by atoms with E-state index in [0.717, 1.165) is 5.56 Å². The quantitative estimate of drug-likeness (QED) is 0.220. The van der Waals surface area contributed by atoms with Crippen molar-refractivity contribution in [1.29, 1.82) is 0 Å². The number of halogens is 1. The summed E-state index contributed by atoms with van der Waals surface area (Å²) in [6.07, 6.45) is -0.561. The topological polar surface area (TPSA) is 136 Å². The van der Waals surface area contributed by atoms with E-state index < -0.39 is 16.6 Å². The molecule has 0 bridgehead atoms. The van der Waals surface area contributed by atoms with Gasteiger partial charge in [0.2, 0.25) is 11.2 Å². The minimum Gasteiger partial charge on any atom is -0.443 e. The fraction of sp³-hybridized carbons (Fsp3) is 0.208. The summed E-state index contributed by atoms with van der Waals surface area (Å²) in [5.41, 5.74) is 0.957. The number of thiazole rings is 1. The van der Waals surface area contributed by atoms with Gasteiger partial charge in [0.25, 0.3) is 5.69 Å². The molecule has 1 amide bonds. The molecule has 2 aromatic heterocycles. The second-order valence-electron chi connectivity index (χ2n) is 8.76. The lowest BCUT2D eigenvalue weighted by molar-refractivity contribution is -0.384. The molecule has 13 heteroatoms. The molecule has 1 N–H and O–H groups in total. The molecule has 0 aliphatic heterocycles. The van der Waals surface area contributed by atoms with Crippen LogP contribution >= 0.6 is 22.9 Å². The minimum absolute atomic E-state index is 0.0879. The first-order valence-electron chi connectivity index (χ1n) is 11.0. The van der Waals surface area contributed by atoms with Crippen LogP contribution in [0.1, 0.15) is 20.8 Å². The van der Waals surface area contributed by atoms with Crippen molar-refractivity contribution in [2.75, 3.05) is 17.3 Å². The number of anilines is 3. The minimum atomic E-state index is -0.678. The van der Waals surface area contributed by atoms with E-state index in [4.69, 9.17) is 16.3 Å². The molecular weight excluding hydrogens is 518 g/mol. The van der Waals surface area contributed by atoms with Gasteiger partial charge < -0.3 is 10.1 Å². The molecule has 11 nitrogen and oxygen atoms in total. The Balaban J connectivity index is 1.76. The van der Waals surface area contributed by atoms with Gasteiger partial charge in [0, 0.05) is 30.4 Å². The van der Waals surface area contributed by atoms with E-state index in [2.05, 4.69) is 25.3 Å². The molecule has 0 atom stereocenters. The maximum Gasteiger partial charge on any atom is 0.416 e. The third-order valence-corrected chi connectivity index (χ3v) is 6.04. The highest BCUT2D eigenvalue weighted by atomic mass is 35.5. The standard InChI is InChI=1S/C24H22ClN7O4S/c1-24(2,3)36-23(33)31(4)22-27-17(14-9-6-5-7-10-14)18(37-22)19-28-20(25)30-21(29-19)26-15-11-8-12-16(13-15)32(34)35/h5-13H,1-4H3,(H,26,28,29,30). The Morgan fingerprint density at radius 2 is 1.81 bits per heavy atom. The van der Waals surface area contributed by atoms with Crippen LogP contribution in [0.5, 0.6) is 0 Å². The zero-order valence-electron chi connectivity index (χ0n) is 20.3. The van der Waals surface area contributed by atoms with Crippen molar-refractivity contribution < 1.29 is 14.5 Å². The summed E-state index contributed by atoms with van der Waals surface area (Å²) in [5, 5.41) is 14.3. The maximum absolute atomic E-state index is 12.7. The van der Waals surface area contributed by atoms with Crippen molar-refractivity contribution in [3.63, 3.8) is 0 Å². The summed E-state index contributed by atoms with van der Waals surface area (Å²) < 4.78 is 5.48. The number of nitrogens with zero attached hydrogens (tertiary/aromatic N) is 6. The Kier molecular flexibility index (Phi) is 7.32. The largest absolute Gasteiger partial charge is 0.443 e. The monoisotopic (exact) mass is 539 g/mol. The van der Waals surface area contributed by atoms with Gasteiger partial charge in [-0.25, -0.2) is 9.78 Å². The van der Waals surface area contributed by atoms with E-state index in [1.807, 2.05) is 30.3 Å². The Labute approximate surface area is 221 Å². The van der Waals surface area contributed by atoms with Crippen molar-refractivity contribution in [3.05, 3.63) is 70.0 Å². The highest BCUT2D eigenvalue weighted by molar-refractivity contribution is 7.19. The number of carbonyl (C=O) groups is 1. The summed E-state index contributed by atoms with van der Waals surface area (Å²) in [6.45, 7) is 5.35. The smallest absolute Gasteiger partial charge is 0.416 e. The van der Waals surface area contributed by atoms with E-state index in [1.54, 1.807) is 40.0 Å². The van der Waals surface area contributed by atoms with Gasteiger partial charge in [-0.15, -0.1) is 0 Å². The van der Waals surface area contributed by atoms with Gasteiger partial charge in [0.15, 0.2) is 11.0 Å². The molecule has 0 unspecified atom stereocenters. The van der Waals surface area contributed by atoms with E-state index in [1.165, 1.54) is 28.4 Å². The van der Waals surface area contributed by atoms with Crippen LogP contribution in [0.3, 0.4) is 0 Å². The Bertz CT molecular complexity index is 1460. The fourth-order valence-electron chi connectivity index (χ4n) is 3.14. The molecule has 37 heavy (non-hydrogen) atoms. The average molecular weight is 540 g/mol. The first kappa shape index (κ1) is 25.9. The Morgan fingerprint density at radius 1 is 1.08 bits per heavy atom. The lowest BCUT2D eigenvalue weighted by atomic mass is 10.1. The molecule has 4 aromatic rings. The van der Waals surface area contributed by atoms with Crippen molar-refractivity contribution in [2.45, 2.75) is 26.4 Å². The number of rotatable bonds is 6. The predicted molar refractivity (Wildman–Crippen MR) is 142 cm³/mol. The number of nitro groups is 1. The molecule has 0 radical (unpaired) electrons. The lowest BCUT2D eigenvalue weighted by Gasteiger charge is -2.23. The number of non-ortho nitro benzene ring substituents is 1. The van der Waals surface area contributed by atoms with Crippen molar-refractivity contribution in [3.8, 4) is 22.0 Å². The van der Waals surface area contributed by atoms with Crippen LogP contribution in [0.2, 0.25) is 5.28 Å². The number of benzene rings is 2. The van der Waals surface area contributed by atoms with E-state index in [-0.39, 0.29) is 22.7 Å². The molecule has 0 aliphatic rings. The highest BCUT2D eigenvalue weighted by Crippen LogP contribution is 2.39. The lowest BCUT2D eigenvalue weighted by Crippen LogP contribution is -2.34. The summed E-state index contributed by atoms with van der Waals surface area (Å²) in [6, 6.07) is 15.3. The van der Waals surface area contributed by atoms with Crippen LogP contribution in [0.4, 0.5) is 27.2 Å². The van der Waals surface area contributed by atoms with Gasteiger partial charge in [-0.2, -0.15) is 15.0 Å². The average Bonchev–Trinajstić information content (AvgIpc) is 3.28. The number of carbonyl (C=O) groups excluding carboxylic acids is 1. The summed E-state index contributed by atoms with van der Waals surface area (Å²) in [7, 11) is 1.57. The first-order chi connectivity index (χ1) is 17.5. The molecule has 0 saturated carbocycles. The number of amides is 1. The van der Waals surface area contributed by atoms with Gasteiger partial charge in [-0.3, -0.25) is 15.0 Å². The van der Waals surface area contributed by atoms with Gasteiger partial charge >= 0.3 is 6.09 Å². The fourth-order valence-corrected chi connectivity index (χ4v) is 4.27. The van der Waals surface area contributed by atoms with Crippen LogP contribution < -0.4 is 10.2 Å². The summed E-state index contributed by atoms with van der Waals surface area (Å²) >= 11 is 7.41. The molecule has 0 saturated heterocycles. The van der Waals surface area contributed by atoms with Gasteiger partial charge in [0.05, 0.1) is 10.6 Å². The molecule has 0 fully saturated rings.